The zero-order valence-electron chi connectivity index (χ0n) is 17.5. The lowest BCUT2D eigenvalue weighted by Crippen LogP contribution is -2.48. The Hall–Kier alpha value is -2.63. The van der Waals surface area contributed by atoms with Crippen molar-refractivity contribution in [1.82, 2.24) is 9.80 Å². The highest BCUT2D eigenvalue weighted by Gasteiger charge is 2.32. The van der Waals surface area contributed by atoms with E-state index >= 15 is 0 Å². The summed E-state index contributed by atoms with van der Waals surface area (Å²) in [7, 11) is 0. The van der Waals surface area contributed by atoms with Crippen molar-refractivity contribution in [1.29, 1.82) is 0 Å². The summed E-state index contributed by atoms with van der Waals surface area (Å²) in [5, 5.41) is 0. The van der Waals surface area contributed by atoms with Gasteiger partial charge >= 0.3 is 0 Å². The average Bonchev–Trinajstić information content (AvgIpc) is 3.17. The van der Waals surface area contributed by atoms with Gasteiger partial charge in [-0.1, -0.05) is 58.4 Å². The Kier molecular flexibility index (Phi) is 4.81. The van der Waals surface area contributed by atoms with Crippen LogP contribution >= 0.6 is 15.9 Å². The number of hydrogen-bond acceptors (Lipinski definition) is 4. The molecule has 1 saturated heterocycles. The molecule has 5 heteroatoms. The predicted molar refractivity (Wildman–Crippen MR) is 131 cm³/mol. The molecule has 1 fully saturated rings. The molecule has 0 spiro atoms. The zero-order valence-corrected chi connectivity index (χ0v) is 19.1. The minimum Gasteiger partial charge on any atom is -0.353 e. The number of nitrogens with zero attached hydrogens (tertiary/aromatic N) is 4. The normalized spacial score (nSPS) is 17.8. The van der Waals surface area contributed by atoms with Crippen LogP contribution in [0, 0.1) is 0 Å². The fourth-order valence-corrected chi connectivity index (χ4v) is 5.42. The molecular weight excluding hydrogens is 448 g/mol. The van der Waals surface area contributed by atoms with Gasteiger partial charge in [-0.05, 0) is 41.8 Å². The van der Waals surface area contributed by atoms with Crippen LogP contribution in [0.1, 0.15) is 16.7 Å². The molecule has 3 aromatic carbocycles. The molecule has 3 aromatic rings. The van der Waals surface area contributed by atoms with E-state index in [0.717, 1.165) is 61.7 Å². The molecule has 4 nitrogen and oxygen atoms in total. The maximum atomic E-state index is 5.25. The van der Waals surface area contributed by atoms with Gasteiger partial charge in [-0.25, -0.2) is 4.99 Å². The molecule has 3 aliphatic rings. The van der Waals surface area contributed by atoms with E-state index in [9.17, 15) is 0 Å². The molecule has 0 bridgehead atoms. The van der Waals surface area contributed by atoms with Gasteiger partial charge in [-0.3, -0.25) is 4.90 Å². The number of hydrogen-bond donors (Lipinski definition) is 0. The molecule has 0 saturated carbocycles. The summed E-state index contributed by atoms with van der Waals surface area (Å²) in [4.78, 5) is 12.8. The van der Waals surface area contributed by atoms with Crippen molar-refractivity contribution in [2.24, 2.45) is 4.99 Å². The van der Waals surface area contributed by atoms with E-state index in [1.165, 1.54) is 28.1 Å². The highest BCUT2D eigenvalue weighted by Crippen LogP contribution is 2.45. The molecule has 0 amide bonds. The summed E-state index contributed by atoms with van der Waals surface area (Å²) < 4.78 is 1.08. The molecule has 3 heterocycles. The van der Waals surface area contributed by atoms with Gasteiger partial charge in [0.2, 0.25) is 0 Å². The summed E-state index contributed by atoms with van der Waals surface area (Å²) in [6.45, 7) is 6.15. The second kappa shape index (κ2) is 7.81. The standard InChI is InChI=1S/C26H25BrN4/c27-21-9-10-24-23(17-21)28-26(22-8-4-7-20-11-12-31(24)25(20)22)30-15-13-29(14-16-30)18-19-5-2-1-3-6-19/h1-10,17H,11-16,18H2. The van der Waals surface area contributed by atoms with Crippen molar-refractivity contribution >= 4 is 38.8 Å². The number of anilines is 2. The molecule has 0 aromatic heterocycles. The summed E-state index contributed by atoms with van der Waals surface area (Å²) >= 11 is 3.65. The Bertz CT molecular complexity index is 1150. The van der Waals surface area contributed by atoms with Gasteiger partial charge < -0.3 is 9.80 Å². The van der Waals surface area contributed by atoms with Crippen molar-refractivity contribution in [2.45, 2.75) is 13.0 Å². The summed E-state index contributed by atoms with van der Waals surface area (Å²) in [6.07, 6.45) is 1.09. The minimum absolute atomic E-state index is 0.999. The lowest BCUT2D eigenvalue weighted by molar-refractivity contribution is 0.176. The Labute approximate surface area is 191 Å². The summed E-state index contributed by atoms with van der Waals surface area (Å²) in [5.74, 6) is 1.12. The summed E-state index contributed by atoms with van der Waals surface area (Å²) in [6, 6.07) is 24.0. The second-order valence-corrected chi connectivity index (χ2v) is 9.45. The van der Waals surface area contributed by atoms with Crippen LogP contribution in [0.15, 0.2) is 76.2 Å². The molecule has 0 unspecified atom stereocenters. The van der Waals surface area contributed by atoms with Crippen molar-refractivity contribution in [3.63, 3.8) is 0 Å². The number of para-hydroxylation sites is 1. The van der Waals surface area contributed by atoms with Gasteiger partial charge in [0.1, 0.15) is 5.84 Å². The van der Waals surface area contributed by atoms with Crippen LogP contribution in [0.25, 0.3) is 0 Å². The number of amidine groups is 1. The van der Waals surface area contributed by atoms with Gasteiger partial charge in [-0.2, -0.15) is 0 Å². The van der Waals surface area contributed by atoms with Gasteiger partial charge in [0.15, 0.2) is 0 Å². The monoisotopic (exact) mass is 472 g/mol. The quantitative estimate of drug-likeness (QED) is 0.501. The lowest BCUT2D eigenvalue weighted by Gasteiger charge is -2.37. The Morgan fingerprint density at radius 2 is 1.68 bits per heavy atom. The lowest BCUT2D eigenvalue weighted by atomic mass is 10.1. The number of fused-ring (bicyclic) bond motifs is 2. The second-order valence-electron chi connectivity index (χ2n) is 8.53. The highest BCUT2D eigenvalue weighted by atomic mass is 79.9. The smallest absolute Gasteiger partial charge is 0.138 e. The van der Waals surface area contributed by atoms with E-state index in [4.69, 9.17) is 4.99 Å². The third kappa shape index (κ3) is 3.46. The van der Waals surface area contributed by atoms with E-state index in [1.54, 1.807) is 0 Å². The largest absolute Gasteiger partial charge is 0.353 e. The first-order valence-electron chi connectivity index (χ1n) is 11.1. The van der Waals surface area contributed by atoms with Crippen LogP contribution in [-0.2, 0) is 13.0 Å². The molecule has 6 rings (SSSR count). The average molecular weight is 473 g/mol. The first-order chi connectivity index (χ1) is 15.3. The van der Waals surface area contributed by atoms with Gasteiger partial charge in [0.25, 0.3) is 0 Å². The maximum Gasteiger partial charge on any atom is 0.138 e. The third-order valence-electron chi connectivity index (χ3n) is 6.61. The molecule has 0 atom stereocenters. The molecule has 31 heavy (non-hydrogen) atoms. The maximum absolute atomic E-state index is 5.25. The van der Waals surface area contributed by atoms with Crippen LogP contribution in [0.2, 0.25) is 0 Å². The first kappa shape index (κ1) is 19.1. The Morgan fingerprint density at radius 1 is 0.839 bits per heavy atom. The number of halogens is 1. The number of piperazine rings is 1. The zero-order chi connectivity index (χ0) is 20.8. The third-order valence-corrected chi connectivity index (χ3v) is 7.10. The molecule has 156 valence electrons. The van der Waals surface area contributed by atoms with Gasteiger partial charge in [-0.15, -0.1) is 0 Å². The number of rotatable bonds is 2. The number of benzene rings is 3. The topological polar surface area (TPSA) is 22.1 Å². The van der Waals surface area contributed by atoms with E-state index < -0.39 is 0 Å². The Balaban J connectivity index is 1.33. The van der Waals surface area contributed by atoms with Crippen LogP contribution in [-0.4, -0.2) is 48.4 Å². The van der Waals surface area contributed by atoms with E-state index in [1.807, 2.05) is 0 Å². The molecule has 0 radical (unpaired) electrons. The molecule has 0 aliphatic carbocycles. The molecular formula is C26H25BrN4. The van der Waals surface area contributed by atoms with Crippen molar-refractivity contribution in [2.75, 3.05) is 37.6 Å². The first-order valence-corrected chi connectivity index (χ1v) is 11.8. The molecule has 3 aliphatic heterocycles. The van der Waals surface area contributed by atoms with Gasteiger partial charge in [0, 0.05) is 49.3 Å². The highest BCUT2D eigenvalue weighted by molar-refractivity contribution is 9.10. The van der Waals surface area contributed by atoms with Crippen molar-refractivity contribution < 1.29 is 0 Å². The molecule has 0 N–H and O–H groups in total. The van der Waals surface area contributed by atoms with E-state index in [-0.39, 0.29) is 0 Å². The van der Waals surface area contributed by atoms with E-state index in [0.29, 0.717) is 0 Å². The fourth-order valence-electron chi connectivity index (χ4n) is 5.07. The van der Waals surface area contributed by atoms with Crippen molar-refractivity contribution in [3.05, 3.63) is 87.9 Å². The van der Waals surface area contributed by atoms with Crippen LogP contribution in [0.4, 0.5) is 17.1 Å². The summed E-state index contributed by atoms with van der Waals surface area (Å²) in [5.41, 5.74) is 7.72. The minimum atomic E-state index is 0.999. The van der Waals surface area contributed by atoms with E-state index in [2.05, 4.69) is 97.4 Å². The van der Waals surface area contributed by atoms with Crippen molar-refractivity contribution in [3.8, 4) is 0 Å². The van der Waals surface area contributed by atoms with Gasteiger partial charge in [0.05, 0.1) is 17.1 Å². The van der Waals surface area contributed by atoms with Crippen LogP contribution in [0.5, 0.6) is 0 Å². The Morgan fingerprint density at radius 3 is 2.52 bits per heavy atom. The SMILES string of the molecule is Brc1ccc2c(c1)N=C(N1CCN(Cc3ccccc3)CC1)c1cccc3c1N2CC3. The van der Waals surface area contributed by atoms with Crippen LogP contribution in [0.3, 0.4) is 0 Å². The number of aliphatic imine (C=N–C) groups is 1. The predicted octanol–water partition coefficient (Wildman–Crippen LogP) is 5.35. The fraction of sp³-hybridized carbons (Fsp3) is 0.269. The van der Waals surface area contributed by atoms with Crippen LogP contribution < -0.4 is 4.90 Å².